The lowest BCUT2D eigenvalue weighted by molar-refractivity contribution is 0.0831. The van der Waals surface area contributed by atoms with E-state index in [1.807, 2.05) is 62.6 Å². The van der Waals surface area contributed by atoms with E-state index >= 15 is 0 Å². The molecule has 4 heterocycles. The van der Waals surface area contributed by atoms with E-state index in [9.17, 15) is 4.79 Å². The van der Waals surface area contributed by atoms with Crippen molar-refractivity contribution in [2.45, 2.75) is 50.2 Å². The summed E-state index contributed by atoms with van der Waals surface area (Å²) in [5.41, 5.74) is 3.51. The minimum absolute atomic E-state index is 0.259. The molecule has 3 aromatic rings. The minimum atomic E-state index is -0.292. The van der Waals surface area contributed by atoms with E-state index in [-0.39, 0.29) is 11.9 Å². The molecular formula is C30H37N7O3. The highest BCUT2D eigenvalue weighted by Crippen LogP contribution is 2.34. The Labute approximate surface area is 235 Å². The third kappa shape index (κ3) is 6.09. The summed E-state index contributed by atoms with van der Waals surface area (Å²) in [6.45, 7) is 3.74. The number of nitrogens with one attached hydrogen (secondary N) is 2. The summed E-state index contributed by atoms with van der Waals surface area (Å²) in [7, 11) is 4.06. The number of carbonyl (C=O) groups excluding carboxylic acids is 1. The van der Waals surface area contributed by atoms with E-state index in [0.717, 1.165) is 68.5 Å². The van der Waals surface area contributed by atoms with Gasteiger partial charge in [0.25, 0.3) is 0 Å². The fourth-order valence-corrected chi connectivity index (χ4v) is 5.77. The molecule has 10 nitrogen and oxygen atoms in total. The van der Waals surface area contributed by atoms with E-state index in [0.29, 0.717) is 36.8 Å². The molecule has 10 heteroatoms. The van der Waals surface area contributed by atoms with Gasteiger partial charge in [-0.3, -0.25) is 0 Å². The molecule has 3 saturated heterocycles. The van der Waals surface area contributed by atoms with Crippen LogP contribution in [0.2, 0.25) is 0 Å². The second-order valence-electron chi connectivity index (χ2n) is 11.1. The monoisotopic (exact) mass is 543 g/mol. The summed E-state index contributed by atoms with van der Waals surface area (Å²) >= 11 is 0. The van der Waals surface area contributed by atoms with Crippen molar-refractivity contribution >= 4 is 23.4 Å². The Morgan fingerprint density at radius 1 is 0.850 bits per heavy atom. The molecule has 3 aliphatic rings. The summed E-state index contributed by atoms with van der Waals surface area (Å²) < 4.78 is 11.4. The molecular weight excluding hydrogens is 506 g/mol. The van der Waals surface area contributed by atoms with Gasteiger partial charge in [-0.2, -0.15) is 9.97 Å². The number of benzene rings is 2. The predicted octanol–water partition coefficient (Wildman–Crippen LogP) is 4.51. The first-order valence-corrected chi connectivity index (χ1v) is 14.1. The molecule has 210 valence electrons. The third-order valence-corrected chi connectivity index (χ3v) is 7.81. The molecule has 2 unspecified atom stereocenters. The smallest absolute Gasteiger partial charge is 0.323 e. The van der Waals surface area contributed by atoms with Crippen molar-refractivity contribution in [3.05, 3.63) is 59.9 Å². The number of hydrogen-bond acceptors (Lipinski definition) is 8. The summed E-state index contributed by atoms with van der Waals surface area (Å²) in [4.78, 5) is 31.9. The van der Waals surface area contributed by atoms with Crippen LogP contribution >= 0.6 is 0 Å². The molecule has 2 aromatic carbocycles. The van der Waals surface area contributed by atoms with Crippen molar-refractivity contribution in [3.8, 4) is 11.4 Å². The highest BCUT2D eigenvalue weighted by Gasteiger charge is 2.39. The van der Waals surface area contributed by atoms with Gasteiger partial charge in [0.1, 0.15) is 5.82 Å². The Bertz CT molecular complexity index is 1290. The number of morpholine rings is 1. The maximum Gasteiger partial charge on any atom is 0.323 e. The molecule has 0 spiro atoms. The maximum absolute atomic E-state index is 12.6. The number of amides is 2. The molecule has 0 aliphatic carbocycles. The largest absolute Gasteiger partial charge is 0.381 e. The lowest BCUT2D eigenvalue weighted by Crippen LogP contribution is -2.47. The van der Waals surface area contributed by atoms with Crippen molar-refractivity contribution in [2.24, 2.45) is 0 Å². The number of aromatic nitrogens is 3. The third-order valence-electron chi connectivity index (χ3n) is 7.81. The van der Waals surface area contributed by atoms with Crippen molar-refractivity contribution in [2.75, 3.05) is 56.1 Å². The normalized spacial score (nSPS) is 21.0. The number of nitrogens with zero attached hydrogens (tertiary/aromatic N) is 5. The lowest BCUT2D eigenvalue weighted by atomic mass is 9.99. The number of hydrogen-bond donors (Lipinski definition) is 2. The van der Waals surface area contributed by atoms with Gasteiger partial charge in [0, 0.05) is 42.6 Å². The van der Waals surface area contributed by atoms with E-state index in [1.54, 1.807) is 0 Å². The zero-order valence-corrected chi connectivity index (χ0v) is 23.2. The molecule has 2 atom stereocenters. The predicted molar refractivity (Wildman–Crippen MR) is 155 cm³/mol. The Kier molecular flexibility index (Phi) is 7.90. The maximum atomic E-state index is 12.6. The highest BCUT2D eigenvalue weighted by molar-refractivity contribution is 5.99. The van der Waals surface area contributed by atoms with Gasteiger partial charge in [-0.05, 0) is 81.7 Å². The number of ether oxygens (including phenoxy) is 2. The molecule has 3 fully saturated rings. The van der Waals surface area contributed by atoms with Crippen LogP contribution in [0, 0.1) is 0 Å². The summed E-state index contributed by atoms with van der Waals surface area (Å²) in [5, 5.41) is 5.81. The Morgan fingerprint density at radius 2 is 1.48 bits per heavy atom. The molecule has 0 saturated carbocycles. The van der Waals surface area contributed by atoms with Crippen LogP contribution in [0.3, 0.4) is 0 Å². The zero-order valence-electron chi connectivity index (χ0n) is 23.2. The van der Waals surface area contributed by atoms with Gasteiger partial charge in [0.2, 0.25) is 5.95 Å². The lowest BCUT2D eigenvalue weighted by Gasteiger charge is -2.35. The van der Waals surface area contributed by atoms with Gasteiger partial charge >= 0.3 is 6.03 Å². The second-order valence-corrected chi connectivity index (χ2v) is 11.1. The van der Waals surface area contributed by atoms with Gasteiger partial charge in [-0.15, -0.1) is 0 Å². The molecule has 40 heavy (non-hydrogen) atoms. The quantitative estimate of drug-likeness (QED) is 0.449. The number of carbonyl (C=O) groups is 1. The van der Waals surface area contributed by atoms with E-state index in [2.05, 4.69) is 20.4 Å². The SMILES string of the molecule is CN(C)Cc1ccc(NC(=O)Nc2ccc(-c3nc(C4CCOCC4)nc(N4C5CCC4COC5)n3)cc2)cc1. The van der Waals surface area contributed by atoms with Crippen molar-refractivity contribution in [3.63, 3.8) is 0 Å². The first-order valence-electron chi connectivity index (χ1n) is 14.1. The highest BCUT2D eigenvalue weighted by atomic mass is 16.5. The first-order chi connectivity index (χ1) is 19.5. The van der Waals surface area contributed by atoms with Crippen LogP contribution in [0.4, 0.5) is 22.1 Å². The van der Waals surface area contributed by atoms with E-state index in [1.165, 1.54) is 5.56 Å². The number of fused-ring (bicyclic) bond motifs is 2. The van der Waals surface area contributed by atoms with E-state index in [4.69, 9.17) is 24.4 Å². The number of urea groups is 1. The average Bonchev–Trinajstić information content (AvgIpc) is 3.22. The van der Waals surface area contributed by atoms with Crippen molar-refractivity contribution in [1.29, 1.82) is 0 Å². The van der Waals surface area contributed by atoms with Crippen LogP contribution in [-0.4, -0.2) is 78.5 Å². The van der Waals surface area contributed by atoms with Crippen LogP contribution in [0.15, 0.2) is 48.5 Å². The van der Waals surface area contributed by atoms with Crippen molar-refractivity contribution < 1.29 is 14.3 Å². The Morgan fingerprint density at radius 3 is 2.10 bits per heavy atom. The van der Waals surface area contributed by atoms with Crippen LogP contribution in [0.25, 0.3) is 11.4 Å². The van der Waals surface area contributed by atoms with Gasteiger partial charge in [0.15, 0.2) is 5.82 Å². The topological polar surface area (TPSA) is 105 Å². The molecule has 6 rings (SSSR count). The molecule has 1 aromatic heterocycles. The van der Waals surface area contributed by atoms with Gasteiger partial charge in [0.05, 0.1) is 25.3 Å². The fourth-order valence-electron chi connectivity index (χ4n) is 5.77. The van der Waals surface area contributed by atoms with Crippen LogP contribution in [0.1, 0.15) is 43.0 Å². The first kappa shape index (κ1) is 26.6. The van der Waals surface area contributed by atoms with Gasteiger partial charge in [-0.1, -0.05) is 12.1 Å². The van der Waals surface area contributed by atoms with Gasteiger partial charge < -0.3 is 29.9 Å². The van der Waals surface area contributed by atoms with E-state index < -0.39 is 0 Å². The summed E-state index contributed by atoms with van der Waals surface area (Å²) in [6.07, 6.45) is 4.02. The fraction of sp³-hybridized carbons (Fsp3) is 0.467. The Hall–Kier alpha value is -3.60. The minimum Gasteiger partial charge on any atom is -0.381 e. The molecule has 2 amide bonds. The molecule has 2 N–H and O–H groups in total. The Balaban J connectivity index is 1.18. The molecule has 2 bridgehead atoms. The number of rotatable bonds is 7. The summed E-state index contributed by atoms with van der Waals surface area (Å²) in [5.74, 6) is 2.51. The van der Waals surface area contributed by atoms with Crippen LogP contribution in [-0.2, 0) is 16.0 Å². The zero-order chi connectivity index (χ0) is 27.5. The average molecular weight is 544 g/mol. The summed E-state index contributed by atoms with van der Waals surface area (Å²) in [6, 6.07) is 15.9. The number of anilines is 3. The standard InChI is InChI=1S/C30H37N7O3/c1-36(2)17-20-3-7-23(8-4-20)31-30(38)32-24-9-5-21(6-10-24)27-33-28(22-13-15-39-16-14-22)35-29(34-27)37-25-11-12-26(37)19-40-18-25/h3-10,22,25-26H,11-19H2,1-2H3,(H2,31,32,38). The molecule has 0 radical (unpaired) electrons. The second kappa shape index (κ2) is 11.9. The molecule has 3 aliphatic heterocycles. The van der Waals surface area contributed by atoms with Crippen LogP contribution in [0.5, 0.6) is 0 Å². The van der Waals surface area contributed by atoms with Gasteiger partial charge in [-0.25, -0.2) is 9.78 Å². The van der Waals surface area contributed by atoms with Crippen LogP contribution < -0.4 is 15.5 Å². The van der Waals surface area contributed by atoms with Crippen molar-refractivity contribution in [1.82, 2.24) is 19.9 Å².